The van der Waals surface area contributed by atoms with Gasteiger partial charge >= 0.3 is 0 Å². The molecule has 0 bridgehead atoms. The molecule has 1 aromatic heterocycles. The zero-order valence-corrected chi connectivity index (χ0v) is 19.3. The number of imide groups is 1. The molecule has 184 valence electrons. The number of hydrogen-bond acceptors (Lipinski definition) is 4. The van der Waals surface area contributed by atoms with Gasteiger partial charge in [0.15, 0.2) is 0 Å². The number of para-hydroxylation sites is 1. The van der Waals surface area contributed by atoms with Crippen LogP contribution in [-0.4, -0.2) is 28.7 Å². The Morgan fingerprint density at radius 3 is 2.46 bits per heavy atom. The minimum Gasteiger partial charge on any atom is -0.361 e. The van der Waals surface area contributed by atoms with Crippen molar-refractivity contribution in [2.75, 3.05) is 10.2 Å². The van der Waals surface area contributed by atoms with E-state index >= 15 is 0 Å². The molecule has 0 unspecified atom stereocenters. The number of benzene rings is 3. The van der Waals surface area contributed by atoms with Gasteiger partial charge in [-0.05, 0) is 60.5 Å². The maximum atomic E-state index is 14.4. The molecule has 2 saturated heterocycles. The molecule has 3 aliphatic heterocycles. The van der Waals surface area contributed by atoms with Gasteiger partial charge in [0.2, 0.25) is 17.7 Å². The van der Waals surface area contributed by atoms with Crippen molar-refractivity contribution in [2.45, 2.75) is 18.0 Å². The number of rotatable bonds is 3. The molecule has 0 aliphatic carbocycles. The smallest absolute Gasteiger partial charge is 0.250 e. The number of carbonyl (C=O) groups excluding carboxylic acids is 3. The Morgan fingerprint density at radius 1 is 0.892 bits per heavy atom. The zero-order chi connectivity index (χ0) is 25.5. The van der Waals surface area contributed by atoms with Gasteiger partial charge in [0.25, 0.3) is 0 Å². The Labute approximate surface area is 209 Å². The molecule has 3 N–H and O–H groups in total. The van der Waals surface area contributed by atoms with Crippen LogP contribution in [0.25, 0.3) is 10.9 Å². The second-order valence-electron chi connectivity index (χ2n) is 9.76. The summed E-state index contributed by atoms with van der Waals surface area (Å²) in [4.78, 5) is 45.6. The SMILES string of the molecule is O=C1[C@H]2[C@H](Cc3c[nH]c4ccccc34)N[C@]3(C(=O)Nc4ccc(F)cc43)[C@@H]2C(=O)N1c1ccc(F)cc1. The third-order valence-corrected chi connectivity index (χ3v) is 7.88. The molecule has 4 aromatic rings. The first-order valence-corrected chi connectivity index (χ1v) is 12.0. The van der Waals surface area contributed by atoms with Crippen molar-refractivity contribution in [2.24, 2.45) is 11.8 Å². The Hall–Kier alpha value is -4.37. The number of nitrogens with one attached hydrogen (secondary N) is 3. The van der Waals surface area contributed by atoms with Crippen LogP contribution >= 0.6 is 0 Å². The largest absolute Gasteiger partial charge is 0.361 e. The van der Waals surface area contributed by atoms with Gasteiger partial charge in [-0.1, -0.05) is 18.2 Å². The molecular formula is C28H20F2N4O3. The minimum atomic E-state index is -1.62. The molecule has 3 aliphatic rings. The second kappa shape index (κ2) is 7.57. The highest BCUT2D eigenvalue weighted by Crippen LogP contribution is 2.54. The zero-order valence-electron chi connectivity index (χ0n) is 19.3. The second-order valence-corrected chi connectivity index (χ2v) is 9.76. The predicted molar refractivity (Wildman–Crippen MR) is 132 cm³/mol. The van der Waals surface area contributed by atoms with E-state index < -0.39 is 52.8 Å². The lowest BCUT2D eigenvalue weighted by Gasteiger charge is -2.29. The number of aromatic nitrogens is 1. The van der Waals surface area contributed by atoms with Crippen molar-refractivity contribution in [3.8, 4) is 0 Å². The van der Waals surface area contributed by atoms with Crippen LogP contribution in [0.1, 0.15) is 11.1 Å². The summed E-state index contributed by atoms with van der Waals surface area (Å²) in [5.74, 6) is -4.63. The lowest BCUT2D eigenvalue weighted by Crippen LogP contribution is -2.53. The molecule has 7 rings (SSSR count). The van der Waals surface area contributed by atoms with E-state index in [9.17, 15) is 23.2 Å². The van der Waals surface area contributed by atoms with Crippen molar-refractivity contribution in [3.05, 3.63) is 95.7 Å². The number of fused-ring (bicyclic) bond motifs is 5. The van der Waals surface area contributed by atoms with E-state index in [0.29, 0.717) is 17.7 Å². The van der Waals surface area contributed by atoms with Crippen LogP contribution in [0.5, 0.6) is 0 Å². The number of hydrogen-bond donors (Lipinski definition) is 3. The Morgan fingerprint density at radius 2 is 1.65 bits per heavy atom. The van der Waals surface area contributed by atoms with Crippen LogP contribution in [0, 0.1) is 23.5 Å². The van der Waals surface area contributed by atoms with E-state index in [1.165, 1.54) is 42.5 Å². The van der Waals surface area contributed by atoms with Crippen molar-refractivity contribution < 1.29 is 23.2 Å². The van der Waals surface area contributed by atoms with E-state index in [4.69, 9.17) is 0 Å². The van der Waals surface area contributed by atoms with Gasteiger partial charge in [0.05, 0.1) is 17.5 Å². The molecule has 9 heteroatoms. The van der Waals surface area contributed by atoms with E-state index in [1.54, 1.807) is 0 Å². The van der Waals surface area contributed by atoms with Crippen LogP contribution in [0.15, 0.2) is 72.9 Å². The first-order chi connectivity index (χ1) is 17.9. The van der Waals surface area contributed by atoms with Crippen LogP contribution in [0.4, 0.5) is 20.2 Å². The molecule has 0 radical (unpaired) electrons. The molecule has 0 saturated carbocycles. The Balaban J connectivity index is 1.38. The van der Waals surface area contributed by atoms with Crippen LogP contribution < -0.4 is 15.5 Å². The Bertz CT molecular complexity index is 1630. The normalized spacial score (nSPS) is 26.3. The first kappa shape index (κ1) is 21.9. The molecular weight excluding hydrogens is 478 g/mol. The van der Waals surface area contributed by atoms with Gasteiger partial charge < -0.3 is 10.3 Å². The lowest BCUT2D eigenvalue weighted by atomic mass is 9.76. The van der Waals surface area contributed by atoms with Crippen LogP contribution in [0.3, 0.4) is 0 Å². The maximum absolute atomic E-state index is 14.4. The highest BCUT2D eigenvalue weighted by atomic mass is 19.1. The summed E-state index contributed by atoms with van der Waals surface area (Å²) in [6.45, 7) is 0. The summed E-state index contributed by atoms with van der Waals surface area (Å²) >= 11 is 0. The summed E-state index contributed by atoms with van der Waals surface area (Å²) < 4.78 is 28.0. The van der Waals surface area contributed by atoms with Crippen LogP contribution in [0.2, 0.25) is 0 Å². The summed E-state index contributed by atoms with van der Waals surface area (Å²) in [7, 11) is 0. The quantitative estimate of drug-likeness (QED) is 0.376. The standard InChI is InChI=1S/C28H20F2N4O3/c29-15-5-8-17(9-6-15)34-25(35)23-22(11-14-13-31-20-4-2-1-3-18(14)20)33-28(24(23)26(34)36)19-12-16(30)7-10-21(19)32-27(28)37/h1-10,12-13,22-24,31,33H,11H2,(H,32,37)/t22-,23-,24-,28-/m0/s1. The van der Waals surface area contributed by atoms with Gasteiger partial charge in [0.1, 0.15) is 17.2 Å². The van der Waals surface area contributed by atoms with E-state index in [1.807, 2.05) is 30.5 Å². The highest BCUT2D eigenvalue weighted by Gasteiger charge is 2.70. The molecule has 4 atom stereocenters. The van der Waals surface area contributed by atoms with Gasteiger partial charge in [-0.25, -0.2) is 13.7 Å². The van der Waals surface area contributed by atoms with Gasteiger partial charge in [-0.15, -0.1) is 0 Å². The van der Waals surface area contributed by atoms with Gasteiger partial charge in [-0.2, -0.15) is 0 Å². The first-order valence-electron chi connectivity index (χ1n) is 12.0. The fourth-order valence-electron chi connectivity index (χ4n) is 6.33. The summed E-state index contributed by atoms with van der Waals surface area (Å²) in [5, 5.41) is 7.06. The fourth-order valence-corrected chi connectivity index (χ4v) is 6.33. The average Bonchev–Trinajstić information content (AvgIpc) is 3.59. The molecule has 3 amide bonds. The third kappa shape index (κ3) is 2.91. The van der Waals surface area contributed by atoms with Crippen LogP contribution in [-0.2, 0) is 26.3 Å². The van der Waals surface area contributed by atoms with E-state index in [2.05, 4.69) is 15.6 Å². The number of aromatic amines is 1. The van der Waals surface area contributed by atoms with E-state index in [0.717, 1.165) is 21.4 Å². The summed E-state index contributed by atoms with van der Waals surface area (Å²) in [5.41, 5.74) is 1.14. The van der Waals surface area contributed by atoms with Crippen molar-refractivity contribution in [1.82, 2.24) is 10.3 Å². The number of carbonyl (C=O) groups is 3. The third-order valence-electron chi connectivity index (χ3n) is 7.88. The number of amides is 3. The number of nitrogens with zero attached hydrogens (tertiary/aromatic N) is 1. The van der Waals surface area contributed by atoms with Gasteiger partial charge in [-0.3, -0.25) is 19.7 Å². The topological polar surface area (TPSA) is 94.3 Å². The number of halogens is 2. The maximum Gasteiger partial charge on any atom is 0.250 e. The number of H-pyrrole nitrogens is 1. The molecule has 7 nitrogen and oxygen atoms in total. The number of anilines is 2. The molecule has 4 heterocycles. The lowest BCUT2D eigenvalue weighted by molar-refractivity contribution is -0.130. The average molecular weight is 498 g/mol. The predicted octanol–water partition coefficient (Wildman–Crippen LogP) is 3.61. The Kier molecular flexibility index (Phi) is 4.47. The van der Waals surface area contributed by atoms with Gasteiger partial charge in [0, 0.05) is 34.4 Å². The summed E-state index contributed by atoms with van der Waals surface area (Å²) in [6.07, 6.45) is 2.20. The molecule has 37 heavy (non-hydrogen) atoms. The van der Waals surface area contributed by atoms with Crippen molar-refractivity contribution in [1.29, 1.82) is 0 Å². The molecule has 1 spiro atoms. The van der Waals surface area contributed by atoms with Crippen molar-refractivity contribution >= 4 is 40.0 Å². The molecule has 3 aromatic carbocycles. The molecule has 2 fully saturated rings. The summed E-state index contributed by atoms with van der Waals surface area (Å²) in [6, 6.07) is 16.1. The van der Waals surface area contributed by atoms with E-state index in [-0.39, 0.29) is 5.69 Å². The fraction of sp³-hybridized carbons (Fsp3) is 0.179. The highest BCUT2D eigenvalue weighted by molar-refractivity contribution is 6.25. The van der Waals surface area contributed by atoms with Crippen molar-refractivity contribution in [3.63, 3.8) is 0 Å². The minimum absolute atomic E-state index is 0.227. The monoisotopic (exact) mass is 498 g/mol.